The van der Waals surface area contributed by atoms with Gasteiger partial charge < -0.3 is 10.1 Å². The summed E-state index contributed by atoms with van der Waals surface area (Å²) in [5.41, 5.74) is 4.09. The van der Waals surface area contributed by atoms with E-state index in [9.17, 15) is 4.79 Å². The molecule has 2 rings (SSSR count). The second kappa shape index (κ2) is 5.15. The van der Waals surface area contributed by atoms with Crippen molar-refractivity contribution in [3.63, 3.8) is 0 Å². The molecular weight excluding hydrogens is 198 g/mol. The normalized spacial score (nSPS) is 14.1. The Morgan fingerprint density at radius 1 is 1.44 bits per heavy atom. The molecular formula is C14H19NO. The van der Waals surface area contributed by atoms with Crippen LogP contribution >= 0.6 is 0 Å². The van der Waals surface area contributed by atoms with Crippen LogP contribution in [0.1, 0.15) is 37.3 Å². The van der Waals surface area contributed by atoms with Gasteiger partial charge in [0.1, 0.15) is 5.78 Å². The number of nitrogens with one attached hydrogen (secondary N) is 1. The summed E-state index contributed by atoms with van der Waals surface area (Å²) in [5, 5.41) is 3.41. The summed E-state index contributed by atoms with van der Waals surface area (Å²) in [6.45, 7) is 2.76. The number of rotatable bonds is 4. The minimum Gasteiger partial charge on any atom is -0.385 e. The summed E-state index contributed by atoms with van der Waals surface area (Å²) >= 11 is 0. The summed E-state index contributed by atoms with van der Waals surface area (Å²) < 4.78 is 0. The zero-order valence-corrected chi connectivity index (χ0v) is 9.88. The van der Waals surface area contributed by atoms with Gasteiger partial charge in [0.15, 0.2) is 0 Å². The summed E-state index contributed by atoms with van der Waals surface area (Å²) in [5.74, 6) is 0.291. The average Bonchev–Trinajstić information content (AvgIpc) is 2.28. The number of carbonyl (C=O) groups is 1. The fourth-order valence-corrected chi connectivity index (χ4v) is 2.23. The summed E-state index contributed by atoms with van der Waals surface area (Å²) in [7, 11) is 0. The van der Waals surface area contributed by atoms with Gasteiger partial charge in [-0.15, -0.1) is 0 Å². The van der Waals surface area contributed by atoms with Crippen LogP contribution in [0.25, 0.3) is 0 Å². The zero-order chi connectivity index (χ0) is 11.4. The molecule has 0 bridgehead atoms. The maximum absolute atomic E-state index is 10.9. The number of hydrogen-bond acceptors (Lipinski definition) is 2. The Kier molecular flexibility index (Phi) is 3.60. The van der Waals surface area contributed by atoms with E-state index in [2.05, 4.69) is 23.5 Å². The number of aryl methyl sites for hydroxylation is 2. The largest absolute Gasteiger partial charge is 0.385 e. The van der Waals surface area contributed by atoms with E-state index >= 15 is 0 Å². The van der Waals surface area contributed by atoms with Gasteiger partial charge in [0.25, 0.3) is 0 Å². The van der Waals surface area contributed by atoms with Crippen LogP contribution in [-0.2, 0) is 17.6 Å². The molecule has 0 atom stereocenters. The van der Waals surface area contributed by atoms with Crippen molar-refractivity contribution in [3.05, 3.63) is 29.3 Å². The van der Waals surface area contributed by atoms with Crippen molar-refractivity contribution in [3.8, 4) is 0 Å². The van der Waals surface area contributed by atoms with E-state index in [-0.39, 0.29) is 0 Å². The molecule has 1 aromatic carbocycles. The van der Waals surface area contributed by atoms with E-state index in [1.54, 1.807) is 6.92 Å². The van der Waals surface area contributed by atoms with Gasteiger partial charge in [0.05, 0.1) is 0 Å². The number of Topliss-reactive ketones (excluding diaryl/α,β-unsaturated/α-hetero) is 1. The molecule has 1 aromatic rings. The maximum atomic E-state index is 10.9. The monoisotopic (exact) mass is 217 g/mol. The number of carbonyl (C=O) groups excluding carboxylic acids is 1. The van der Waals surface area contributed by atoms with Crippen molar-refractivity contribution in [2.45, 2.75) is 39.0 Å². The highest BCUT2D eigenvalue weighted by atomic mass is 16.1. The topological polar surface area (TPSA) is 29.1 Å². The van der Waals surface area contributed by atoms with Crippen LogP contribution in [0, 0.1) is 0 Å². The third-order valence-corrected chi connectivity index (χ3v) is 3.10. The molecule has 0 unspecified atom stereocenters. The molecule has 2 heteroatoms. The summed E-state index contributed by atoms with van der Waals surface area (Å²) in [4.78, 5) is 10.9. The molecule has 1 aliphatic rings. The first-order valence-corrected chi connectivity index (χ1v) is 6.11. The van der Waals surface area contributed by atoms with Crippen LogP contribution in [0.3, 0.4) is 0 Å². The van der Waals surface area contributed by atoms with Crippen molar-refractivity contribution < 1.29 is 4.79 Å². The fourth-order valence-electron chi connectivity index (χ4n) is 2.23. The molecule has 1 N–H and O–H groups in total. The van der Waals surface area contributed by atoms with Crippen LogP contribution < -0.4 is 5.32 Å². The number of fused-ring (bicyclic) bond motifs is 1. The molecule has 16 heavy (non-hydrogen) atoms. The minimum absolute atomic E-state index is 0.291. The predicted molar refractivity (Wildman–Crippen MR) is 66.9 cm³/mol. The van der Waals surface area contributed by atoms with Crippen LogP contribution in [0.15, 0.2) is 18.2 Å². The molecule has 0 amide bonds. The average molecular weight is 217 g/mol. The number of ketones is 1. The Balaban J connectivity index is 1.97. The lowest BCUT2D eigenvalue weighted by molar-refractivity contribution is -0.117. The van der Waals surface area contributed by atoms with Crippen LogP contribution in [0.2, 0.25) is 0 Å². The second-order valence-corrected chi connectivity index (χ2v) is 4.58. The smallest absolute Gasteiger partial charge is 0.129 e. The molecule has 0 fully saturated rings. The highest BCUT2D eigenvalue weighted by Crippen LogP contribution is 2.23. The predicted octanol–water partition coefficient (Wildman–Crippen LogP) is 2.96. The highest BCUT2D eigenvalue weighted by molar-refractivity contribution is 5.75. The molecule has 86 valence electrons. The van der Waals surface area contributed by atoms with E-state index in [0.717, 1.165) is 19.4 Å². The maximum Gasteiger partial charge on any atom is 0.129 e. The molecule has 0 saturated heterocycles. The Morgan fingerprint density at radius 2 is 2.31 bits per heavy atom. The molecule has 1 aliphatic heterocycles. The Labute approximate surface area is 97.1 Å². The van der Waals surface area contributed by atoms with Gasteiger partial charge in [0, 0.05) is 18.7 Å². The molecule has 0 aromatic heterocycles. The van der Waals surface area contributed by atoms with E-state index in [1.807, 2.05) is 0 Å². The number of hydrogen-bond donors (Lipinski definition) is 1. The van der Waals surface area contributed by atoms with Gasteiger partial charge in [-0.2, -0.15) is 0 Å². The van der Waals surface area contributed by atoms with Crippen molar-refractivity contribution in [1.82, 2.24) is 0 Å². The van der Waals surface area contributed by atoms with Gasteiger partial charge in [-0.05, 0) is 49.8 Å². The third kappa shape index (κ3) is 2.84. The molecule has 1 heterocycles. The summed E-state index contributed by atoms with van der Waals surface area (Å²) in [6, 6.07) is 6.65. The van der Waals surface area contributed by atoms with Gasteiger partial charge in [-0.25, -0.2) is 0 Å². The third-order valence-electron chi connectivity index (χ3n) is 3.10. The SMILES string of the molecule is CC(=O)CCCc1ccc2c(c1)CCCN2. The van der Waals surface area contributed by atoms with Crippen molar-refractivity contribution in [2.75, 3.05) is 11.9 Å². The first-order chi connectivity index (χ1) is 7.75. The highest BCUT2D eigenvalue weighted by Gasteiger charge is 2.08. The van der Waals surface area contributed by atoms with Gasteiger partial charge in [-0.1, -0.05) is 12.1 Å². The molecule has 0 aliphatic carbocycles. The zero-order valence-electron chi connectivity index (χ0n) is 9.88. The van der Waals surface area contributed by atoms with Crippen LogP contribution in [0.5, 0.6) is 0 Å². The lowest BCUT2D eigenvalue weighted by atomic mass is 9.98. The summed E-state index contributed by atoms with van der Waals surface area (Å²) in [6.07, 6.45) is 5.11. The van der Waals surface area contributed by atoms with E-state index < -0.39 is 0 Å². The van der Waals surface area contributed by atoms with E-state index in [0.29, 0.717) is 12.2 Å². The lowest BCUT2D eigenvalue weighted by Gasteiger charge is -2.18. The van der Waals surface area contributed by atoms with Crippen molar-refractivity contribution >= 4 is 11.5 Å². The standard InChI is InChI=1S/C14H19NO/c1-11(16)4-2-5-12-7-8-14-13(10-12)6-3-9-15-14/h7-8,10,15H,2-6,9H2,1H3. The quantitative estimate of drug-likeness (QED) is 0.840. The van der Waals surface area contributed by atoms with E-state index in [1.165, 1.54) is 29.7 Å². The van der Waals surface area contributed by atoms with Gasteiger partial charge in [0.2, 0.25) is 0 Å². The van der Waals surface area contributed by atoms with E-state index in [4.69, 9.17) is 0 Å². The molecule has 0 radical (unpaired) electrons. The molecule has 0 saturated carbocycles. The Hall–Kier alpha value is -1.31. The van der Waals surface area contributed by atoms with Gasteiger partial charge >= 0.3 is 0 Å². The number of anilines is 1. The van der Waals surface area contributed by atoms with Crippen molar-refractivity contribution in [2.24, 2.45) is 0 Å². The Bertz CT molecular complexity index is 384. The first-order valence-electron chi connectivity index (χ1n) is 6.11. The first kappa shape index (κ1) is 11.2. The molecule has 0 spiro atoms. The minimum atomic E-state index is 0.291. The molecule has 2 nitrogen and oxygen atoms in total. The van der Waals surface area contributed by atoms with Crippen LogP contribution in [-0.4, -0.2) is 12.3 Å². The van der Waals surface area contributed by atoms with Crippen molar-refractivity contribution in [1.29, 1.82) is 0 Å². The Morgan fingerprint density at radius 3 is 3.12 bits per heavy atom. The fraction of sp³-hybridized carbons (Fsp3) is 0.500. The lowest BCUT2D eigenvalue weighted by Crippen LogP contribution is -2.11. The number of benzene rings is 1. The van der Waals surface area contributed by atoms with Gasteiger partial charge in [-0.3, -0.25) is 0 Å². The van der Waals surface area contributed by atoms with Crippen LogP contribution in [0.4, 0.5) is 5.69 Å². The second-order valence-electron chi connectivity index (χ2n) is 4.58.